The van der Waals surface area contributed by atoms with Crippen molar-refractivity contribution in [3.05, 3.63) is 17.5 Å². The molecule has 2 rings (SSSR count). The number of anilines is 1. The van der Waals surface area contributed by atoms with Crippen LogP contribution in [0.1, 0.15) is 17.8 Å². The van der Waals surface area contributed by atoms with Crippen LogP contribution in [0.4, 0.5) is 19.1 Å². The topological polar surface area (TPSA) is 61.3 Å². The predicted octanol–water partition coefficient (Wildman–Crippen LogP) is 1.28. The fourth-order valence-electron chi connectivity index (χ4n) is 2.29. The second kappa shape index (κ2) is 5.53. The van der Waals surface area contributed by atoms with Crippen molar-refractivity contribution in [2.75, 3.05) is 25.5 Å². The Hall–Kier alpha value is -1.41. The fraction of sp³-hybridized carbons (Fsp3) is 0.667. The molecular weight excluding hydrogens is 273 g/mol. The summed E-state index contributed by atoms with van der Waals surface area (Å²) < 4.78 is 37.9. The van der Waals surface area contributed by atoms with Crippen molar-refractivity contribution in [2.45, 2.75) is 31.7 Å². The maximum atomic E-state index is 12.6. The minimum atomic E-state index is -4.48. The molecule has 1 aliphatic heterocycles. The minimum Gasteiger partial charge on any atom is -0.392 e. The Morgan fingerprint density at radius 2 is 2.15 bits per heavy atom. The first kappa shape index (κ1) is 15.0. The first-order valence-corrected chi connectivity index (χ1v) is 6.31. The zero-order valence-corrected chi connectivity index (χ0v) is 11.3. The van der Waals surface area contributed by atoms with Gasteiger partial charge in [-0.05, 0) is 26.5 Å². The Morgan fingerprint density at radius 3 is 2.70 bits per heavy atom. The number of aliphatic hydroxyl groups is 1. The van der Waals surface area contributed by atoms with E-state index in [4.69, 9.17) is 0 Å². The number of aryl methyl sites for hydroxylation is 1. The smallest absolute Gasteiger partial charge is 0.392 e. The van der Waals surface area contributed by atoms with Crippen LogP contribution < -0.4 is 5.32 Å². The molecule has 1 saturated heterocycles. The number of hydrogen-bond acceptors (Lipinski definition) is 5. The first-order chi connectivity index (χ1) is 9.25. The van der Waals surface area contributed by atoms with Crippen molar-refractivity contribution >= 4 is 5.95 Å². The lowest BCUT2D eigenvalue weighted by Gasteiger charge is -2.19. The largest absolute Gasteiger partial charge is 0.433 e. The number of hydrogen-bond donors (Lipinski definition) is 2. The van der Waals surface area contributed by atoms with Crippen LogP contribution in [0.2, 0.25) is 0 Å². The van der Waals surface area contributed by atoms with Crippen LogP contribution in [0, 0.1) is 6.92 Å². The molecule has 0 bridgehead atoms. The van der Waals surface area contributed by atoms with Gasteiger partial charge in [0.1, 0.15) is 5.69 Å². The molecule has 112 valence electrons. The highest BCUT2D eigenvalue weighted by molar-refractivity contribution is 5.29. The quantitative estimate of drug-likeness (QED) is 0.878. The van der Waals surface area contributed by atoms with Gasteiger partial charge in [-0.15, -0.1) is 0 Å². The highest BCUT2D eigenvalue weighted by Gasteiger charge is 2.33. The third-order valence-electron chi connectivity index (χ3n) is 3.31. The number of aliphatic hydroxyl groups excluding tert-OH is 1. The monoisotopic (exact) mass is 290 g/mol. The van der Waals surface area contributed by atoms with Crippen LogP contribution in [0.25, 0.3) is 0 Å². The molecule has 0 radical (unpaired) electrons. The van der Waals surface area contributed by atoms with Crippen LogP contribution >= 0.6 is 0 Å². The fourth-order valence-corrected chi connectivity index (χ4v) is 2.29. The Morgan fingerprint density at radius 1 is 1.45 bits per heavy atom. The van der Waals surface area contributed by atoms with E-state index in [-0.39, 0.29) is 17.7 Å². The number of halogens is 3. The molecule has 1 aromatic rings. The molecule has 0 saturated carbocycles. The van der Waals surface area contributed by atoms with Crippen molar-refractivity contribution in [3.63, 3.8) is 0 Å². The van der Waals surface area contributed by atoms with Crippen LogP contribution in [0.5, 0.6) is 0 Å². The lowest BCUT2D eigenvalue weighted by Crippen LogP contribution is -2.32. The van der Waals surface area contributed by atoms with E-state index in [2.05, 4.69) is 15.3 Å². The summed E-state index contributed by atoms with van der Waals surface area (Å²) in [5.74, 6) is -0.0351. The summed E-state index contributed by atoms with van der Waals surface area (Å²) in [7, 11) is 1.86. The van der Waals surface area contributed by atoms with Crippen LogP contribution in [0.3, 0.4) is 0 Å². The average Bonchev–Trinajstić information content (AvgIpc) is 2.63. The van der Waals surface area contributed by atoms with Gasteiger partial charge in [0, 0.05) is 24.8 Å². The van der Waals surface area contributed by atoms with E-state index in [9.17, 15) is 18.3 Å². The van der Waals surface area contributed by atoms with Gasteiger partial charge in [0.05, 0.1) is 6.10 Å². The zero-order valence-electron chi connectivity index (χ0n) is 11.3. The normalized spacial score (nSPS) is 24.1. The summed E-state index contributed by atoms with van der Waals surface area (Å²) in [6.45, 7) is 2.46. The minimum absolute atomic E-state index is 0.0351. The molecule has 0 aromatic carbocycles. The molecule has 20 heavy (non-hydrogen) atoms. The van der Waals surface area contributed by atoms with Gasteiger partial charge in [0.2, 0.25) is 5.95 Å². The predicted molar refractivity (Wildman–Crippen MR) is 67.3 cm³/mol. The summed E-state index contributed by atoms with van der Waals surface area (Å²) in [5.41, 5.74) is -0.693. The molecule has 1 aromatic heterocycles. The van der Waals surface area contributed by atoms with Crippen molar-refractivity contribution < 1.29 is 18.3 Å². The molecule has 0 spiro atoms. The summed E-state index contributed by atoms with van der Waals surface area (Å²) >= 11 is 0. The number of alkyl halides is 3. The number of likely N-dealkylation sites (tertiary alicyclic amines) is 1. The molecule has 0 amide bonds. The Labute approximate surface area is 114 Å². The van der Waals surface area contributed by atoms with E-state index >= 15 is 0 Å². The number of nitrogens with zero attached hydrogens (tertiary/aromatic N) is 3. The lowest BCUT2D eigenvalue weighted by atomic mass is 10.2. The molecule has 0 aliphatic carbocycles. The third-order valence-corrected chi connectivity index (χ3v) is 3.31. The van der Waals surface area contributed by atoms with Gasteiger partial charge in [-0.2, -0.15) is 13.2 Å². The SMILES string of the molecule is Cc1cc(C(F)(F)F)nc(NC[C@@H]2C[C@@H](O)CN2C)n1. The number of β-amino-alcohol motifs (C(OH)–C–C–N with tert-alkyl or cyclic N) is 1. The van der Waals surface area contributed by atoms with Gasteiger partial charge in [-0.25, -0.2) is 9.97 Å². The van der Waals surface area contributed by atoms with Gasteiger partial charge >= 0.3 is 6.18 Å². The molecule has 0 unspecified atom stereocenters. The number of nitrogens with one attached hydrogen (secondary N) is 1. The summed E-state index contributed by atoms with van der Waals surface area (Å²) in [6, 6.07) is 0.972. The molecule has 5 nitrogen and oxygen atoms in total. The van der Waals surface area contributed by atoms with Gasteiger partial charge in [-0.1, -0.05) is 0 Å². The molecule has 1 aliphatic rings. The Kier molecular flexibility index (Phi) is 4.14. The van der Waals surface area contributed by atoms with E-state index in [1.807, 2.05) is 11.9 Å². The van der Waals surface area contributed by atoms with Crippen molar-refractivity contribution in [1.82, 2.24) is 14.9 Å². The van der Waals surface area contributed by atoms with Crippen LogP contribution in [-0.2, 0) is 6.18 Å². The number of aromatic nitrogens is 2. The van der Waals surface area contributed by atoms with Gasteiger partial charge in [0.15, 0.2) is 0 Å². The lowest BCUT2D eigenvalue weighted by molar-refractivity contribution is -0.141. The van der Waals surface area contributed by atoms with E-state index in [1.165, 1.54) is 6.92 Å². The summed E-state index contributed by atoms with van der Waals surface area (Å²) in [4.78, 5) is 9.39. The molecule has 2 N–H and O–H groups in total. The molecule has 2 atom stereocenters. The van der Waals surface area contributed by atoms with E-state index < -0.39 is 18.0 Å². The van der Waals surface area contributed by atoms with E-state index in [0.29, 0.717) is 19.5 Å². The zero-order chi connectivity index (χ0) is 14.9. The van der Waals surface area contributed by atoms with E-state index in [1.54, 1.807) is 0 Å². The van der Waals surface area contributed by atoms with Gasteiger partial charge in [-0.3, -0.25) is 4.90 Å². The standard InChI is InChI=1S/C12H17F3N4O/c1-7-3-10(12(13,14)15)18-11(17-7)16-5-8-4-9(20)6-19(8)2/h3,8-9,20H,4-6H2,1-2H3,(H,16,17,18)/t8-,9+/m0/s1. The maximum absolute atomic E-state index is 12.6. The molecular formula is C12H17F3N4O. The second-order valence-electron chi connectivity index (χ2n) is 5.08. The first-order valence-electron chi connectivity index (χ1n) is 6.31. The average molecular weight is 290 g/mol. The van der Waals surface area contributed by atoms with Gasteiger partial charge in [0.25, 0.3) is 0 Å². The van der Waals surface area contributed by atoms with E-state index in [0.717, 1.165) is 6.07 Å². The molecule has 2 heterocycles. The Bertz CT molecular complexity index is 480. The number of likely N-dealkylation sites (N-methyl/N-ethyl adjacent to an activating group) is 1. The van der Waals surface area contributed by atoms with Crippen molar-refractivity contribution in [3.8, 4) is 0 Å². The summed E-state index contributed by atoms with van der Waals surface area (Å²) in [5, 5.41) is 12.3. The highest BCUT2D eigenvalue weighted by Crippen LogP contribution is 2.28. The van der Waals surface area contributed by atoms with Crippen LogP contribution in [-0.4, -0.2) is 52.3 Å². The third kappa shape index (κ3) is 3.57. The highest BCUT2D eigenvalue weighted by atomic mass is 19.4. The van der Waals surface area contributed by atoms with Crippen LogP contribution in [0.15, 0.2) is 6.07 Å². The summed E-state index contributed by atoms with van der Waals surface area (Å²) in [6.07, 6.45) is -4.29. The molecule has 1 fully saturated rings. The number of rotatable bonds is 3. The maximum Gasteiger partial charge on any atom is 0.433 e. The Balaban J connectivity index is 2.05. The second-order valence-corrected chi connectivity index (χ2v) is 5.08. The van der Waals surface area contributed by atoms with Gasteiger partial charge < -0.3 is 10.4 Å². The van der Waals surface area contributed by atoms with Crippen molar-refractivity contribution in [1.29, 1.82) is 0 Å². The molecule has 8 heteroatoms. The van der Waals surface area contributed by atoms with Crippen molar-refractivity contribution in [2.24, 2.45) is 0 Å².